The van der Waals surface area contributed by atoms with Crippen molar-refractivity contribution in [2.75, 3.05) is 16.4 Å². The molecule has 1 heterocycles. The first kappa shape index (κ1) is 18.2. The van der Waals surface area contributed by atoms with Crippen LogP contribution in [0.3, 0.4) is 0 Å². The van der Waals surface area contributed by atoms with Gasteiger partial charge in [-0.05, 0) is 36.4 Å². The minimum Gasteiger partial charge on any atom is -0.378 e. The van der Waals surface area contributed by atoms with E-state index < -0.39 is 10.6 Å². The Morgan fingerprint density at radius 3 is 2.37 bits per heavy atom. The highest BCUT2D eigenvalue weighted by atomic mass is 35.5. The predicted octanol–water partition coefficient (Wildman–Crippen LogP) is 4.22. The maximum absolute atomic E-state index is 12.3. The van der Waals surface area contributed by atoms with E-state index in [2.05, 4.69) is 15.6 Å². The molecule has 0 aliphatic carbocycles. The summed E-state index contributed by atoms with van der Waals surface area (Å²) in [5, 5.41) is 16.9. The number of hydrogen-bond acceptors (Lipinski definition) is 6. The van der Waals surface area contributed by atoms with Crippen LogP contribution in [0.15, 0.2) is 60.8 Å². The zero-order valence-electron chi connectivity index (χ0n) is 13.8. The van der Waals surface area contributed by atoms with E-state index in [4.69, 9.17) is 17.3 Å². The number of pyridine rings is 1. The van der Waals surface area contributed by atoms with E-state index in [0.717, 1.165) is 0 Å². The third-order valence-corrected chi connectivity index (χ3v) is 3.95. The second-order valence-corrected chi connectivity index (χ2v) is 5.90. The van der Waals surface area contributed by atoms with Crippen molar-refractivity contribution < 1.29 is 9.72 Å². The fourth-order valence-electron chi connectivity index (χ4n) is 2.37. The van der Waals surface area contributed by atoms with Gasteiger partial charge in [0.05, 0.1) is 16.1 Å². The van der Waals surface area contributed by atoms with E-state index in [-0.39, 0.29) is 22.4 Å². The van der Waals surface area contributed by atoms with Crippen LogP contribution in [0.2, 0.25) is 5.02 Å². The van der Waals surface area contributed by atoms with Gasteiger partial charge in [0.1, 0.15) is 5.69 Å². The molecule has 0 saturated heterocycles. The van der Waals surface area contributed by atoms with Crippen LogP contribution in [-0.2, 0) is 0 Å². The molecule has 0 radical (unpaired) electrons. The molecule has 27 heavy (non-hydrogen) atoms. The second-order valence-electron chi connectivity index (χ2n) is 5.49. The van der Waals surface area contributed by atoms with Crippen LogP contribution in [0.1, 0.15) is 10.4 Å². The lowest BCUT2D eigenvalue weighted by molar-refractivity contribution is -0.383. The maximum Gasteiger partial charge on any atom is 0.335 e. The Morgan fingerprint density at radius 2 is 1.74 bits per heavy atom. The molecule has 0 aliphatic rings. The van der Waals surface area contributed by atoms with Crippen molar-refractivity contribution in [3.05, 3.63) is 81.5 Å². The third kappa shape index (κ3) is 4.13. The van der Waals surface area contributed by atoms with Crippen LogP contribution < -0.4 is 16.4 Å². The number of para-hydroxylation sites is 1. The molecular weight excluding hydrogens is 370 g/mol. The molecule has 0 atom stereocenters. The van der Waals surface area contributed by atoms with Gasteiger partial charge in [-0.1, -0.05) is 29.8 Å². The fraction of sp³-hybridized carbons (Fsp3) is 0. The Labute approximate surface area is 159 Å². The molecule has 136 valence electrons. The van der Waals surface area contributed by atoms with Crippen molar-refractivity contribution >= 4 is 46.1 Å². The third-order valence-electron chi connectivity index (χ3n) is 3.67. The lowest BCUT2D eigenvalue weighted by Gasteiger charge is -2.10. The molecule has 1 aromatic heterocycles. The van der Waals surface area contributed by atoms with E-state index >= 15 is 0 Å². The zero-order chi connectivity index (χ0) is 19.4. The topological polar surface area (TPSA) is 123 Å². The van der Waals surface area contributed by atoms with Crippen molar-refractivity contribution in [1.29, 1.82) is 0 Å². The van der Waals surface area contributed by atoms with Gasteiger partial charge in [-0.3, -0.25) is 14.9 Å². The second kappa shape index (κ2) is 7.71. The lowest BCUT2D eigenvalue weighted by Crippen LogP contribution is -2.11. The minimum atomic E-state index is -0.655. The van der Waals surface area contributed by atoms with Crippen molar-refractivity contribution in [1.82, 2.24) is 4.98 Å². The van der Waals surface area contributed by atoms with Crippen molar-refractivity contribution in [2.45, 2.75) is 0 Å². The number of anilines is 4. The maximum atomic E-state index is 12.3. The summed E-state index contributed by atoms with van der Waals surface area (Å²) in [6, 6.07) is 15.4. The van der Waals surface area contributed by atoms with E-state index in [0.29, 0.717) is 16.9 Å². The summed E-state index contributed by atoms with van der Waals surface area (Å²) in [7, 11) is 0. The predicted molar refractivity (Wildman–Crippen MR) is 104 cm³/mol. The highest BCUT2D eigenvalue weighted by molar-refractivity contribution is 6.34. The fourth-order valence-corrected chi connectivity index (χ4v) is 2.56. The Balaban J connectivity index is 1.80. The number of aromatic nitrogens is 1. The summed E-state index contributed by atoms with van der Waals surface area (Å²) in [4.78, 5) is 26.5. The van der Waals surface area contributed by atoms with Gasteiger partial charge >= 0.3 is 5.69 Å². The van der Waals surface area contributed by atoms with Gasteiger partial charge in [-0.15, -0.1) is 0 Å². The van der Waals surface area contributed by atoms with E-state index in [1.54, 1.807) is 36.4 Å². The quantitative estimate of drug-likeness (QED) is 0.447. The molecule has 3 aromatic rings. The van der Waals surface area contributed by atoms with Crippen LogP contribution in [0.5, 0.6) is 0 Å². The number of nitrogen functional groups attached to an aromatic ring is 1. The highest BCUT2D eigenvalue weighted by Gasteiger charge is 2.23. The Bertz CT molecular complexity index is 994. The molecule has 0 unspecified atom stereocenters. The summed E-state index contributed by atoms with van der Waals surface area (Å²) in [5.41, 5.74) is 6.82. The first-order chi connectivity index (χ1) is 13.0. The molecule has 0 bridgehead atoms. The van der Waals surface area contributed by atoms with Crippen LogP contribution in [0, 0.1) is 10.1 Å². The van der Waals surface area contributed by atoms with Gasteiger partial charge in [0.2, 0.25) is 5.82 Å². The van der Waals surface area contributed by atoms with E-state index in [1.807, 2.05) is 18.2 Å². The van der Waals surface area contributed by atoms with Crippen molar-refractivity contribution in [3.63, 3.8) is 0 Å². The SMILES string of the molecule is Nc1ncc(Cl)c(Nc2ccc(C(=O)Nc3ccccc3)cc2)c1[N+](=O)[O-]. The number of amides is 1. The number of hydrogen-bond donors (Lipinski definition) is 3. The number of nitrogens with zero attached hydrogens (tertiary/aromatic N) is 2. The first-order valence-electron chi connectivity index (χ1n) is 7.77. The molecule has 0 spiro atoms. The number of rotatable bonds is 5. The summed E-state index contributed by atoms with van der Waals surface area (Å²) in [6.45, 7) is 0. The Morgan fingerprint density at radius 1 is 1.07 bits per heavy atom. The molecule has 0 aliphatic heterocycles. The molecule has 0 saturated carbocycles. The first-order valence-corrected chi connectivity index (χ1v) is 8.15. The smallest absolute Gasteiger partial charge is 0.335 e. The summed E-state index contributed by atoms with van der Waals surface area (Å²) >= 11 is 6.02. The highest BCUT2D eigenvalue weighted by Crippen LogP contribution is 2.37. The van der Waals surface area contributed by atoms with Crippen LogP contribution >= 0.6 is 11.6 Å². The van der Waals surface area contributed by atoms with Gasteiger partial charge in [0, 0.05) is 16.9 Å². The van der Waals surface area contributed by atoms with Gasteiger partial charge in [0.15, 0.2) is 0 Å². The average Bonchev–Trinajstić information content (AvgIpc) is 2.66. The molecule has 4 N–H and O–H groups in total. The molecule has 0 fully saturated rings. The molecule has 2 aromatic carbocycles. The number of halogens is 1. The standard InChI is InChI=1S/C18H14ClN5O3/c19-14-10-21-17(20)16(24(26)27)15(14)22-13-8-6-11(7-9-13)18(25)23-12-4-2-1-3-5-12/h1-10H,(H,23,25)(H3,20,21,22). The van der Waals surface area contributed by atoms with E-state index in [9.17, 15) is 14.9 Å². The summed E-state index contributed by atoms with van der Waals surface area (Å²) in [5.74, 6) is -0.518. The molecule has 3 rings (SSSR count). The zero-order valence-corrected chi connectivity index (χ0v) is 14.6. The van der Waals surface area contributed by atoms with Crippen LogP contribution in [0.4, 0.5) is 28.6 Å². The van der Waals surface area contributed by atoms with Gasteiger partial charge in [-0.25, -0.2) is 4.98 Å². The number of carbonyl (C=O) groups excluding carboxylic acids is 1. The van der Waals surface area contributed by atoms with Gasteiger partial charge in [-0.2, -0.15) is 0 Å². The summed E-state index contributed by atoms with van der Waals surface area (Å²) in [6.07, 6.45) is 1.23. The normalized spacial score (nSPS) is 10.3. The van der Waals surface area contributed by atoms with E-state index in [1.165, 1.54) is 6.20 Å². The minimum absolute atomic E-state index is 0.0376. The van der Waals surface area contributed by atoms with Crippen molar-refractivity contribution in [3.8, 4) is 0 Å². The lowest BCUT2D eigenvalue weighted by atomic mass is 10.2. The largest absolute Gasteiger partial charge is 0.378 e. The van der Waals surface area contributed by atoms with Gasteiger partial charge < -0.3 is 16.4 Å². The molecule has 9 heteroatoms. The molecule has 1 amide bonds. The van der Waals surface area contributed by atoms with Crippen molar-refractivity contribution in [2.24, 2.45) is 0 Å². The number of nitrogens with one attached hydrogen (secondary N) is 2. The summed E-state index contributed by atoms with van der Waals surface area (Å²) < 4.78 is 0. The average molecular weight is 384 g/mol. The van der Waals surface area contributed by atoms with Crippen LogP contribution in [-0.4, -0.2) is 15.8 Å². The number of carbonyl (C=O) groups is 1. The monoisotopic (exact) mass is 383 g/mol. The van der Waals surface area contributed by atoms with Gasteiger partial charge in [0.25, 0.3) is 5.91 Å². The molecule has 8 nitrogen and oxygen atoms in total. The molecular formula is C18H14ClN5O3. The van der Waals surface area contributed by atoms with Crippen LogP contribution in [0.25, 0.3) is 0 Å². The number of nitro groups is 1. The number of nitrogens with two attached hydrogens (primary N) is 1. The Hall–Kier alpha value is -3.65. The Kier molecular flexibility index (Phi) is 5.18. The number of benzene rings is 2.